The number of phenols is 1. The molecule has 0 saturated heterocycles. The van der Waals surface area contributed by atoms with Gasteiger partial charge in [-0.3, -0.25) is 0 Å². The summed E-state index contributed by atoms with van der Waals surface area (Å²) < 4.78 is 0. The third-order valence-corrected chi connectivity index (χ3v) is 3.00. The molecule has 0 fully saturated rings. The van der Waals surface area contributed by atoms with Crippen LogP contribution in [0, 0.1) is 11.3 Å². The number of nitriles is 1. The monoisotopic (exact) mass is 272 g/mol. The Morgan fingerprint density at radius 3 is 2.58 bits per heavy atom. The third kappa shape index (κ3) is 3.64. The van der Waals surface area contributed by atoms with Crippen LogP contribution in [0.15, 0.2) is 42.5 Å². The highest BCUT2D eigenvalue weighted by Gasteiger charge is 2.02. The summed E-state index contributed by atoms with van der Waals surface area (Å²) in [6, 6.07) is 14.4. The normalized spacial score (nSPS) is 9.89. The van der Waals surface area contributed by atoms with Crippen molar-refractivity contribution in [3.05, 3.63) is 58.6 Å². The van der Waals surface area contributed by atoms with Gasteiger partial charge < -0.3 is 10.4 Å². The molecule has 4 heteroatoms. The van der Waals surface area contributed by atoms with Gasteiger partial charge in [0.05, 0.1) is 11.3 Å². The summed E-state index contributed by atoms with van der Waals surface area (Å²) in [5.41, 5.74) is 2.45. The first-order valence-electron chi connectivity index (χ1n) is 5.90. The van der Waals surface area contributed by atoms with Gasteiger partial charge in [-0.25, -0.2) is 0 Å². The smallest absolute Gasteiger partial charge is 0.115 e. The van der Waals surface area contributed by atoms with E-state index < -0.39 is 0 Å². The van der Waals surface area contributed by atoms with E-state index in [2.05, 4.69) is 11.4 Å². The average Bonchev–Trinajstić information content (AvgIpc) is 2.42. The predicted octanol–water partition coefficient (Wildman–Crippen LogP) is 3.57. The molecule has 0 aliphatic carbocycles. The summed E-state index contributed by atoms with van der Waals surface area (Å²) in [7, 11) is 0. The molecule has 0 atom stereocenters. The zero-order valence-electron chi connectivity index (χ0n) is 10.2. The predicted molar refractivity (Wildman–Crippen MR) is 76.5 cm³/mol. The lowest BCUT2D eigenvalue weighted by molar-refractivity contribution is 0.475. The van der Waals surface area contributed by atoms with Crippen molar-refractivity contribution in [2.45, 2.75) is 6.42 Å². The molecule has 0 radical (unpaired) electrons. The number of nitrogens with one attached hydrogen (secondary N) is 1. The van der Waals surface area contributed by atoms with Crippen molar-refractivity contribution in [3.8, 4) is 11.8 Å². The quantitative estimate of drug-likeness (QED) is 0.894. The Morgan fingerprint density at radius 2 is 1.89 bits per heavy atom. The topological polar surface area (TPSA) is 56.0 Å². The number of phenolic OH excluding ortho intramolecular Hbond substituents is 1. The zero-order chi connectivity index (χ0) is 13.7. The molecular weight excluding hydrogens is 260 g/mol. The van der Waals surface area contributed by atoms with Crippen LogP contribution in [0.2, 0.25) is 5.02 Å². The Hall–Kier alpha value is -2.18. The van der Waals surface area contributed by atoms with E-state index >= 15 is 0 Å². The summed E-state index contributed by atoms with van der Waals surface area (Å²) >= 11 is 5.84. The number of nitrogens with zero attached hydrogens (tertiary/aromatic N) is 1. The summed E-state index contributed by atoms with van der Waals surface area (Å²) in [4.78, 5) is 0. The molecule has 19 heavy (non-hydrogen) atoms. The van der Waals surface area contributed by atoms with Crippen LogP contribution in [0.4, 0.5) is 5.69 Å². The van der Waals surface area contributed by atoms with Crippen LogP contribution in [0.3, 0.4) is 0 Å². The van der Waals surface area contributed by atoms with E-state index in [0.717, 1.165) is 17.7 Å². The van der Waals surface area contributed by atoms with Gasteiger partial charge in [-0.05, 0) is 42.3 Å². The maximum absolute atomic E-state index is 9.19. The van der Waals surface area contributed by atoms with E-state index in [9.17, 15) is 5.11 Å². The molecule has 2 N–H and O–H groups in total. The van der Waals surface area contributed by atoms with Crippen LogP contribution in [0.25, 0.3) is 0 Å². The second kappa shape index (κ2) is 6.12. The van der Waals surface area contributed by atoms with E-state index in [0.29, 0.717) is 17.1 Å². The fourth-order valence-electron chi connectivity index (χ4n) is 1.77. The fourth-order valence-corrected chi connectivity index (χ4v) is 1.94. The largest absolute Gasteiger partial charge is 0.508 e. The van der Waals surface area contributed by atoms with Gasteiger partial charge in [-0.2, -0.15) is 5.26 Å². The lowest BCUT2D eigenvalue weighted by atomic mass is 10.1. The van der Waals surface area contributed by atoms with Gasteiger partial charge in [0, 0.05) is 11.6 Å². The highest BCUT2D eigenvalue weighted by molar-refractivity contribution is 6.30. The zero-order valence-corrected chi connectivity index (χ0v) is 11.0. The summed E-state index contributed by atoms with van der Waals surface area (Å²) in [5, 5.41) is 22.0. The first-order chi connectivity index (χ1) is 9.19. The van der Waals surface area contributed by atoms with Crippen LogP contribution in [-0.4, -0.2) is 11.7 Å². The lowest BCUT2D eigenvalue weighted by Crippen LogP contribution is -2.06. The summed E-state index contributed by atoms with van der Waals surface area (Å²) in [5.74, 6) is 0.265. The number of rotatable bonds is 4. The molecule has 3 nitrogen and oxygen atoms in total. The molecule has 0 saturated carbocycles. The molecule has 0 heterocycles. The second-order valence-electron chi connectivity index (χ2n) is 4.14. The summed E-state index contributed by atoms with van der Waals surface area (Å²) in [6.45, 7) is 0.709. The highest BCUT2D eigenvalue weighted by Crippen LogP contribution is 2.20. The van der Waals surface area contributed by atoms with Crippen LogP contribution >= 0.6 is 11.6 Å². The number of benzene rings is 2. The van der Waals surface area contributed by atoms with Gasteiger partial charge >= 0.3 is 0 Å². The second-order valence-corrected chi connectivity index (χ2v) is 4.58. The molecule has 0 unspecified atom stereocenters. The van der Waals surface area contributed by atoms with E-state index in [1.807, 2.05) is 12.1 Å². The summed E-state index contributed by atoms with van der Waals surface area (Å²) in [6.07, 6.45) is 0.813. The number of hydrogen-bond donors (Lipinski definition) is 2. The van der Waals surface area contributed by atoms with Gasteiger partial charge in [0.2, 0.25) is 0 Å². The van der Waals surface area contributed by atoms with Gasteiger partial charge in [-0.1, -0.05) is 23.7 Å². The first kappa shape index (κ1) is 13.3. The minimum absolute atomic E-state index is 0.265. The van der Waals surface area contributed by atoms with Gasteiger partial charge in [0.25, 0.3) is 0 Å². The molecule has 0 bridgehead atoms. The standard InChI is InChI=1S/C15H13ClN2O/c16-13-3-6-15(12(9-13)10-17)18-8-7-11-1-4-14(19)5-2-11/h1-6,9,18-19H,7-8H2. The van der Waals surface area contributed by atoms with Crippen molar-refractivity contribution in [1.82, 2.24) is 0 Å². The molecule has 2 rings (SSSR count). The van der Waals surface area contributed by atoms with Gasteiger partial charge in [0.1, 0.15) is 11.8 Å². The number of halogens is 1. The van der Waals surface area contributed by atoms with Crippen LogP contribution in [-0.2, 0) is 6.42 Å². The molecule has 2 aromatic carbocycles. The van der Waals surface area contributed by atoms with Gasteiger partial charge in [-0.15, -0.1) is 0 Å². The van der Waals surface area contributed by atoms with Crippen LogP contribution in [0.1, 0.15) is 11.1 Å². The van der Waals surface area contributed by atoms with E-state index in [1.54, 1.807) is 30.3 Å². The SMILES string of the molecule is N#Cc1cc(Cl)ccc1NCCc1ccc(O)cc1. The molecule has 0 aliphatic rings. The third-order valence-electron chi connectivity index (χ3n) is 2.77. The van der Waals surface area contributed by atoms with E-state index in [4.69, 9.17) is 16.9 Å². The van der Waals surface area contributed by atoms with Crippen molar-refractivity contribution in [2.24, 2.45) is 0 Å². The van der Waals surface area contributed by atoms with Gasteiger partial charge in [0.15, 0.2) is 0 Å². The average molecular weight is 273 g/mol. The Balaban J connectivity index is 1.96. The Morgan fingerprint density at radius 1 is 1.16 bits per heavy atom. The maximum atomic E-state index is 9.19. The minimum Gasteiger partial charge on any atom is -0.508 e. The first-order valence-corrected chi connectivity index (χ1v) is 6.28. The fraction of sp³-hybridized carbons (Fsp3) is 0.133. The number of anilines is 1. The van der Waals surface area contributed by atoms with Crippen molar-refractivity contribution >= 4 is 17.3 Å². The Labute approximate surface area is 117 Å². The van der Waals surface area contributed by atoms with Crippen molar-refractivity contribution in [3.63, 3.8) is 0 Å². The lowest BCUT2D eigenvalue weighted by Gasteiger charge is -2.08. The van der Waals surface area contributed by atoms with E-state index in [-0.39, 0.29) is 5.75 Å². The van der Waals surface area contributed by atoms with E-state index in [1.165, 1.54) is 0 Å². The Kier molecular flexibility index (Phi) is 4.27. The Bertz CT molecular complexity index is 603. The molecule has 0 amide bonds. The maximum Gasteiger partial charge on any atom is 0.115 e. The van der Waals surface area contributed by atoms with Crippen molar-refractivity contribution < 1.29 is 5.11 Å². The molecule has 0 spiro atoms. The van der Waals surface area contributed by atoms with Crippen LogP contribution < -0.4 is 5.32 Å². The van der Waals surface area contributed by atoms with Crippen molar-refractivity contribution in [1.29, 1.82) is 5.26 Å². The van der Waals surface area contributed by atoms with Crippen LogP contribution in [0.5, 0.6) is 5.75 Å². The number of aromatic hydroxyl groups is 1. The molecule has 2 aromatic rings. The molecular formula is C15H13ClN2O. The molecule has 0 aliphatic heterocycles. The molecule has 96 valence electrons. The number of hydrogen-bond acceptors (Lipinski definition) is 3. The highest BCUT2D eigenvalue weighted by atomic mass is 35.5. The minimum atomic E-state index is 0.265. The van der Waals surface area contributed by atoms with Crippen molar-refractivity contribution in [2.75, 3.05) is 11.9 Å². The molecule has 0 aromatic heterocycles.